The number of rotatable bonds is 1. The Kier molecular flexibility index (Phi) is 2.96. The topological polar surface area (TPSA) is 59.1 Å². The van der Waals surface area contributed by atoms with Crippen LogP contribution < -0.4 is 5.73 Å². The van der Waals surface area contributed by atoms with E-state index < -0.39 is 0 Å². The second-order valence-electron chi connectivity index (χ2n) is 4.25. The van der Waals surface area contributed by atoms with E-state index in [0.717, 1.165) is 31.4 Å². The Bertz CT molecular complexity index is 331. The van der Waals surface area contributed by atoms with Crippen LogP contribution in [0.2, 0.25) is 5.02 Å². The average molecular weight is 227 g/mol. The lowest BCUT2D eigenvalue weighted by Gasteiger charge is -2.34. The lowest BCUT2D eigenvalue weighted by atomic mass is 9.79. The molecule has 0 aromatic carbocycles. The summed E-state index contributed by atoms with van der Waals surface area (Å²) in [7, 11) is 0. The minimum atomic E-state index is -0.385. The first-order valence-electron chi connectivity index (χ1n) is 5.19. The molecule has 1 aliphatic carbocycles. The molecule has 3 nitrogen and oxygen atoms in total. The first-order valence-corrected chi connectivity index (χ1v) is 5.57. The zero-order valence-corrected chi connectivity index (χ0v) is 9.24. The summed E-state index contributed by atoms with van der Waals surface area (Å²) in [6.07, 6.45) is 4.48. The van der Waals surface area contributed by atoms with Crippen LogP contribution in [0.1, 0.15) is 31.4 Å². The van der Waals surface area contributed by atoms with Crippen LogP contribution in [0.15, 0.2) is 18.3 Å². The first kappa shape index (κ1) is 10.9. The summed E-state index contributed by atoms with van der Waals surface area (Å²) in [4.78, 5) is 4.26. The Morgan fingerprint density at radius 3 is 2.60 bits per heavy atom. The van der Waals surface area contributed by atoms with Crippen molar-refractivity contribution in [3.05, 3.63) is 29.0 Å². The summed E-state index contributed by atoms with van der Waals surface area (Å²) in [5.41, 5.74) is 6.76. The normalized spacial score (nSPS) is 31.5. The maximum atomic E-state index is 9.44. The second-order valence-corrected chi connectivity index (χ2v) is 4.69. The molecule has 82 valence electrons. The molecular formula is C11H15ClN2O. The number of nitrogens with two attached hydrogens (primary N) is 1. The standard InChI is InChI=1S/C11H15ClN2O/c12-8-1-2-10(14-7-8)11(13)5-3-9(15)4-6-11/h1-2,7,9,15H,3-6,13H2. The van der Waals surface area contributed by atoms with E-state index >= 15 is 0 Å². The summed E-state index contributed by atoms with van der Waals surface area (Å²) in [5, 5.41) is 10.1. The van der Waals surface area contributed by atoms with E-state index in [1.54, 1.807) is 6.20 Å². The van der Waals surface area contributed by atoms with E-state index in [2.05, 4.69) is 4.98 Å². The molecule has 0 spiro atoms. The number of hydrogen-bond donors (Lipinski definition) is 2. The van der Waals surface area contributed by atoms with Gasteiger partial charge in [0, 0.05) is 6.20 Å². The Balaban J connectivity index is 2.18. The Morgan fingerprint density at radius 1 is 1.40 bits per heavy atom. The van der Waals surface area contributed by atoms with Crippen molar-refractivity contribution in [2.24, 2.45) is 5.73 Å². The van der Waals surface area contributed by atoms with Gasteiger partial charge < -0.3 is 10.8 Å². The van der Waals surface area contributed by atoms with Gasteiger partial charge in [-0.2, -0.15) is 0 Å². The summed E-state index contributed by atoms with van der Waals surface area (Å²) in [6, 6.07) is 3.68. The van der Waals surface area contributed by atoms with Crippen LogP contribution >= 0.6 is 11.6 Å². The molecule has 1 saturated carbocycles. The van der Waals surface area contributed by atoms with Crippen LogP contribution in [-0.4, -0.2) is 16.2 Å². The van der Waals surface area contributed by atoms with Crippen molar-refractivity contribution in [3.8, 4) is 0 Å². The molecule has 0 amide bonds. The number of aliphatic hydroxyl groups excluding tert-OH is 1. The molecule has 0 saturated heterocycles. The molecule has 1 heterocycles. The van der Waals surface area contributed by atoms with Crippen LogP contribution in [0, 0.1) is 0 Å². The lowest BCUT2D eigenvalue weighted by Crippen LogP contribution is -2.42. The van der Waals surface area contributed by atoms with Crippen LogP contribution in [-0.2, 0) is 5.54 Å². The predicted molar refractivity (Wildman–Crippen MR) is 59.6 cm³/mol. The number of hydrogen-bond acceptors (Lipinski definition) is 3. The van der Waals surface area contributed by atoms with Crippen LogP contribution in [0.3, 0.4) is 0 Å². The number of halogens is 1. The number of aromatic nitrogens is 1. The first-order chi connectivity index (χ1) is 7.10. The average Bonchev–Trinajstić information content (AvgIpc) is 2.24. The largest absolute Gasteiger partial charge is 0.393 e. The van der Waals surface area contributed by atoms with Crippen LogP contribution in [0.25, 0.3) is 0 Å². The summed E-state index contributed by atoms with van der Waals surface area (Å²) >= 11 is 5.78. The molecule has 1 aromatic heterocycles. The smallest absolute Gasteiger partial charge is 0.0603 e. The highest BCUT2D eigenvalue weighted by Crippen LogP contribution is 2.33. The van der Waals surface area contributed by atoms with Gasteiger partial charge in [-0.05, 0) is 37.8 Å². The SMILES string of the molecule is NC1(c2ccc(Cl)cn2)CCC(O)CC1. The van der Waals surface area contributed by atoms with Gasteiger partial charge in [0.2, 0.25) is 0 Å². The van der Waals surface area contributed by atoms with E-state index in [0.29, 0.717) is 5.02 Å². The minimum absolute atomic E-state index is 0.200. The monoisotopic (exact) mass is 226 g/mol. The molecule has 0 unspecified atom stereocenters. The number of pyridine rings is 1. The van der Waals surface area contributed by atoms with E-state index in [1.807, 2.05) is 12.1 Å². The van der Waals surface area contributed by atoms with Gasteiger partial charge >= 0.3 is 0 Å². The van der Waals surface area contributed by atoms with E-state index in [1.165, 1.54) is 0 Å². The maximum Gasteiger partial charge on any atom is 0.0603 e. The quantitative estimate of drug-likeness (QED) is 0.768. The van der Waals surface area contributed by atoms with Gasteiger partial charge in [-0.15, -0.1) is 0 Å². The van der Waals surface area contributed by atoms with Crippen molar-refractivity contribution < 1.29 is 5.11 Å². The van der Waals surface area contributed by atoms with E-state index in [4.69, 9.17) is 17.3 Å². The van der Waals surface area contributed by atoms with Crippen molar-refractivity contribution in [1.82, 2.24) is 4.98 Å². The summed E-state index contributed by atoms with van der Waals surface area (Å²) in [5.74, 6) is 0. The Morgan fingerprint density at radius 2 is 2.07 bits per heavy atom. The highest BCUT2D eigenvalue weighted by atomic mass is 35.5. The van der Waals surface area contributed by atoms with Gasteiger partial charge in [0.1, 0.15) is 0 Å². The molecule has 1 aliphatic rings. The molecule has 0 bridgehead atoms. The Labute approximate surface area is 94.3 Å². The zero-order chi connectivity index (χ0) is 10.9. The third-order valence-corrected chi connectivity index (χ3v) is 3.31. The second kappa shape index (κ2) is 4.08. The van der Waals surface area contributed by atoms with Crippen LogP contribution in [0.4, 0.5) is 0 Å². The highest BCUT2D eigenvalue weighted by Gasteiger charge is 2.33. The molecular weight excluding hydrogens is 212 g/mol. The molecule has 0 aliphatic heterocycles. The third-order valence-electron chi connectivity index (χ3n) is 3.08. The van der Waals surface area contributed by atoms with Gasteiger partial charge in [-0.1, -0.05) is 11.6 Å². The molecule has 15 heavy (non-hydrogen) atoms. The lowest BCUT2D eigenvalue weighted by molar-refractivity contribution is 0.0956. The van der Waals surface area contributed by atoms with Gasteiger partial charge in [0.05, 0.1) is 22.4 Å². The van der Waals surface area contributed by atoms with Gasteiger partial charge in [-0.25, -0.2) is 0 Å². The third kappa shape index (κ3) is 2.30. The van der Waals surface area contributed by atoms with E-state index in [-0.39, 0.29) is 11.6 Å². The molecule has 0 atom stereocenters. The maximum absolute atomic E-state index is 9.44. The highest BCUT2D eigenvalue weighted by molar-refractivity contribution is 6.30. The number of nitrogens with zero attached hydrogens (tertiary/aromatic N) is 1. The fraction of sp³-hybridized carbons (Fsp3) is 0.545. The number of aliphatic hydroxyl groups is 1. The fourth-order valence-corrected chi connectivity index (χ4v) is 2.16. The van der Waals surface area contributed by atoms with Crippen molar-refractivity contribution in [2.75, 3.05) is 0 Å². The van der Waals surface area contributed by atoms with Crippen molar-refractivity contribution in [1.29, 1.82) is 0 Å². The van der Waals surface area contributed by atoms with Crippen molar-refractivity contribution >= 4 is 11.6 Å². The van der Waals surface area contributed by atoms with Gasteiger partial charge in [-0.3, -0.25) is 4.98 Å². The Hall–Kier alpha value is -0.640. The molecule has 3 N–H and O–H groups in total. The van der Waals surface area contributed by atoms with Crippen molar-refractivity contribution in [3.63, 3.8) is 0 Å². The van der Waals surface area contributed by atoms with Gasteiger partial charge in [0.25, 0.3) is 0 Å². The summed E-state index contributed by atoms with van der Waals surface area (Å²) < 4.78 is 0. The predicted octanol–water partition coefficient (Wildman–Crippen LogP) is 1.82. The summed E-state index contributed by atoms with van der Waals surface area (Å²) in [6.45, 7) is 0. The van der Waals surface area contributed by atoms with Crippen molar-refractivity contribution in [2.45, 2.75) is 37.3 Å². The fourth-order valence-electron chi connectivity index (χ4n) is 2.04. The molecule has 0 radical (unpaired) electrons. The molecule has 1 fully saturated rings. The molecule has 2 rings (SSSR count). The van der Waals surface area contributed by atoms with Crippen LogP contribution in [0.5, 0.6) is 0 Å². The zero-order valence-electron chi connectivity index (χ0n) is 8.49. The molecule has 1 aromatic rings. The minimum Gasteiger partial charge on any atom is -0.393 e. The van der Waals surface area contributed by atoms with Gasteiger partial charge in [0.15, 0.2) is 0 Å². The van der Waals surface area contributed by atoms with E-state index in [9.17, 15) is 5.11 Å². The molecule has 4 heteroatoms.